The molecule has 0 atom stereocenters. The molecular formula is C16H15F4N3O2. The first kappa shape index (κ1) is 17.4. The third kappa shape index (κ3) is 3.51. The molecule has 0 amide bonds. The number of fused-ring (bicyclic) bond motifs is 1. The summed E-state index contributed by atoms with van der Waals surface area (Å²) in [7, 11) is 1.42. The molecule has 1 aromatic heterocycles. The maximum Gasteiger partial charge on any atom is 0.449 e. The quantitative estimate of drug-likeness (QED) is 0.858. The Kier molecular flexibility index (Phi) is 4.51. The molecular weight excluding hydrogens is 342 g/mol. The number of ether oxygens (including phenoxy) is 1. The van der Waals surface area contributed by atoms with Crippen LogP contribution >= 0.6 is 0 Å². The van der Waals surface area contributed by atoms with E-state index in [4.69, 9.17) is 4.74 Å². The molecule has 0 saturated heterocycles. The van der Waals surface area contributed by atoms with Crippen molar-refractivity contribution in [2.45, 2.75) is 25.7 Å². The fraction of sp³-hybridized carbons (Fsp3) is 0.375. The zero-order chi connectivity index (χ0) is 18.2. The Labute approximate surface area is 140 Å². The van der Waals surface area contributed by atoms with Gasteiger partial charge in [0.05, 0.1) is 12.8 Å². The highest BCUT2D eigenvalue weighted by Gasteiger charge is 2.36. The van der Waals surface area contributed by atoms with Gasteiger partial charge < -0.3 is 9.72 Å². The van der Waals surface area contributed by atoms with Crippen molar-refractivity contribution in [2.75, 3.05) is 13.7 Å². The van der Waals surface area contributed by atoms with Crippen LogP contribution in [0.3, 0.4) is 0 Å². The highest BCUT2D eigenvalue weighted by atomic mass is 19.4. The van der Waals surface area contributed by atoms with Crippen LogP contribution in [0.4, 0.5) is 17.6 Å². The van der Waals surface area contributed by atoms with Crippen molar-refractivity contribution < 1.29 is 22.3 Å². The maximum atomic E-state index is 14.0. The molecule has 1 aliphatic rings. The lowest BCUT2D eigenvalue weighted by Gasteiger charge is -2.28. The average molecular weight is 357 g/mol. The van der Waals surface area contributed by atoms with E-state index in [2.05, 4.69) is 4.98 Å². The van der Waals surface area contributed by atoms with Crippen molar-refractivity contribution in [1.29, 1.82) is 0 Å². The Balaban J connectivity index is 1.89. The average Bonchev–Trinajstić information content (AvgIpc) is 2.55. The molecule has 0 unspecified atom stereocenters. The molecule has 1 aliphatic heterocycles. The number of rotatable bonds is 3. The van der Waals surface area contributed by atoms with Gasteiger partial charge in [-0.3, -0.25) is 9.69 Å². The minimum atomic E-state index is -4.73. The fourth-order valence-electron chi connectivity index (χ4n) is 2.87. The van der Waals surface area contributed by atoms with Crippen LogP contribution in [0, 0.1) is 5.82 Å². The van der Waals surface area contributed by atoms with Crippen LogP contribution in [-0.4, -0.2) is 28.5 Å². The molecule has 1 N–H and O–H groups in total. The summed E-state index contributed by atoms with van der Waals surface area (Å²) < 4.78 is 57.6. The van der Waals surface area contributed by atoms with Gasteiger partial charge in [0.2, 0.25) is 5.82 Å². The van der Waals surface area contributed by atoms with Crippen LogP contribution < -0.4 is 10.3 Å². The zero-order valence-electron chi connectivity index (χ0n) is 13.3. The summed E-state index contributed by atoms with van der Waals surface area (Å²) in [6.45, 7) is 0.575. The summed E-state index contributed by atoms with van der Waals surface area (Å²) in [6, 6.07) is 4.42. The molecule has 0 bridgehead atoms. The number of hydrogen-bond acceptors (Lipinski definition) is 4. The standard InChI is InChI=1S/C16H15F4N3O2/c1-25-13-4-2-3-11(17)10(13)7-23-6-5-9-12(8-23)21-15(16(18,19)20)22-14(9)24/h2-4H,5-8H2,1H3,(H,21,22,24). The van der Waals surface area contributed by atoms with E-state index in [1.54, 1.807) is 16.0 Å². The van der Waals surface area contributed by atoms with Gasteiger partial charge >= 0.3 is 6.18 Å². The lowest BCUT2D eigenvalue weighted by Crippen LogP contribution is -2.36. The smallest absolute Gasteiger partial charge is 0.449 e. The molecule has 0 aliphatic carbocycles. The predicted molar refractivity (Wildman–Crippen MR) is 80.6 cm³/mol. The van der Waals surface area contributed by atoms with E-state index in [1.165, 1.54) is 19.2 Å². The van der Waals surface area contributed by atoms with Crippen molar-refractivity contribution in [3.63, 3.8) is 0 Å². The first-order valence-corrected chi connectivity index (χ1v) is 7.52. The third-order valence-electron chi connectivity index (χ3n) is 4.10. The summed E-state index contributed by atoms with van der Waals surface area (Å²) in [6.07, 6.45) is -4.49. The van der Waals surface area contributed by atoms with Crippen LogP contribution in [0.25, 0.3) is 0 Å². The summed E-state index contributed by atoms with van der Waals surface area (Å²) in [4.78, 5) is 18.9. The van der Waals surface area contributed by atoms with E-state index >= 15 is 0 Å². The van der Waals surface area contributed by atoms with Gasteiger partial charge in [0.15, 0.2) is 0 Å². The molecule has 0 fully saturated rings. The van der Waals surface area contributed by atoms with Gasteiger partial charge in [-0.05, 0) is 18.6 Å². The van der Waals surface area contributed by atoms with E-state index in [0.29, 0.717) is 17.9 Å². The van der Waals surface area contributed by atoms with E-state index in [-0.39, 0.29) is 30.8 Å². The van der Waals surface area contributed by atoms with Crippen LogP contribution in [0.15, 0.2) is 23.0 Å². The van der Waals surface area contributed by atoms with Gasteiger partial charge in [0.1, 0.15) is 11.6 Å². The third-order valence-corrected chi connectivity index (χ3v) is 4.10. The Morgan fingerprint density at radius 2 is 2.12 bits per heavy atom. The topological polar surface area (TPSA) is 58.2 Å². The number of benzene rings is 1. The molecule has 0 spiro atoms. The highest BCUT2D eigenvalue weighted by Crippen LogP contribution is 2.28. The van der Waals surface area contributed by atoms with E-state index in [0.717, 1.165) is 0 Å². The minimum absolute atomic E-state index is 0.0276. The first-order chi connectivity index (χ1) is 11.8. The van der Waals surface area contributed by atoms with Crippen molar-refractivity contribution in [1.82, 2.24) is 14.9 Å². The zero-order valence-corrected chi connectivity index (χ0v) is 13.3. The van der Waals surface area contributed by atoms with Crippen LogP contribution in [0.1, 0.15) is 22.6 Å². The van der Waals surface area contributed by atoms with E-state index in [9.17, 15) is 22.4 Å². The van der Waals surface area contributed by atoms with Crippen molar-refractivity contribution in [3.8, 4) is 5.75 Å². The number of aromatic nitrogens is 2. The Bertz CT molecular complexity index is 848. The van der Waals surface area contributed by atoms with Crippen LogP contribution in [-0.2, 0) is 25.7 Å². The molecule has 5 nitrogen and oxygen atoms in total. The van der Waals surface area contributed by atoms with Crippen molar-refractivity contribution in [3.05, 3.63) is 57.0 Å². The lowest BCUT2D eigenvalue weighted by molar-refractivity contribution is -0.145. The number of hydrogen-bond donors (Lipinski definition) is 1. The number of nitrogens with zero attached hydrogens (tertiary/aromatic N) is 2. The van der Waals surface area contributed by atoms with Gasteiger partial charge in [0, 0.05) is 30.8 Å². The normalized spacial score (nSPS) is 15.1. The first-order valence-electron chi connectivity index (χ1n) is 7.52. The molecule has 3 rings (SSSR count). The predicted octanol–water partition coefficient (Wildman–Crippen LogP) is 2.49. The van der Waals surface area contributed by atoms with E-state index < -0.39 is 23.4 Å². The minimum Gasteiger partial charge on any atom is -0.496 e. The molecule has 134 valence electrons. The Morgan fingerprint density at radius 1 is 1.36 bits per heavy atom. The summed E-state index contributed by atoms with van der Waals surface area (Å²) in [5.41, 5.74) is -0.155. The largest absolute Gasteiger partial charge is 0.496 e. The number of alkyl halides is 3. The number of methoxy groups -OCH3 is 1. The maximum absolute atomic E-state index is 14.0. The molecule has 9 heteroatoms. The number of aromatic amines is 1. The second kappa shape index (κ2) is 6.47. The fourth-order valence-corrected chi connectivity index (χ4v) is 2.87. The second-order valence-electron chi connectivity index (χ2n) is 5.72. The SMILES string of the molecule is COc1cccc(F)c1CN1CCc2c(nc(C(F)(F)F)[nH]c2=O)C1. The number of nitrogens with one attached hydrogen (secondary N) is 1. The van der Waals surface area contributed by atoms with Gasteiger partial charge in [-0.1, -0.05) is 6.07 Å². The molecule has 2 heterocycles. The van der Waals surface area contributed by atoms with Gasteiger partial charge in [-0.15, -0.1) is 0 Å². The van der Waals surface area contributed by atoms with Crippen molar-refractivity contribution in [2.24, 2.45) is 0 Å². The Hall–Kier alpha value is -2.42. The monoisotopic (exact) mass is 357 g/mol. The summed E-state index contributed by atoms with van der Waals surface area (Å²) in [5.74, 6) is -1.41. The molecule has 0 radical (unpaired) electrons. The van der Waals surface area contributed by atoms with Crippen LogP contribution in [0.2, 0.25) is 0 Å². The summed E-state index contributed by atoms with van der Waals surface area (Å²) in [5, 5.41) is 0. The lowest BCUT2D eigenvalue weighted by atomic mass is 10.0. The number of halogens is 4. The Morgan fingerprint density at radius 3 is 2.80 bits per heavy atom. The van der Waals surface area contributed by atoms with Gasteiger partial charge in [-0.2, -0.15) is 13.2 Å². The molecule has 0 saturated carbocycles. The van der Waals surface area contributed by atoms with Crippen molar-refractivity contribution >= 4 is 0 Å². The number of H-pyrrole nitrogens is 1. The van der Waals surface area contributed by atoms with Gasteiger partial charge in [-0.25, -0.2) is 9.37 Å². The molecule has 2 aromatic rings. The molecule has 1 aromatic carbocycles. The second-order valence-corrected chi connectivity index (χ2v) is 5.72. The van der Waals surface area contributed by atoms with Crippen LogP contribution in [0.5, 0.6) is 5.75 Å². The highest BCUT2D eigenvalue weighted by molar-refractivity contribution is 5.35. The molecule has 25 heavy (non-hydrogen) atoms. The van der Waals surface area contributed by atoms with E-state index in [1.807, 2.05) is 0 Å². The summed E-state index contributed by atoms with van der Waals surface area (Å²) >= 11 is 0. The van der Waals surface area contributed by atoms with Gasteiger partial charge in [0.25, 0.3) is 5.56 Å².